The van der Waals surface area contributed by atoms with Gasteiger partial charge in [-0.25, -0.2) is 5.43 Å². The van der Waals surface area contributed by atoms with E-state index in [1.807, 2.05) is 6.92 Å². The molecular weight excluding hydrogens is 244 g/mol. The van der Waals surface area contributed by atoms with Crippen LogP contribution in [0.1, 0.15) is 26.7 Å². The van der Waals surface area contributed by atoms with Crippen molar-refractivity contribution in [1.29, 1.82) is 0 Å². The van der Waals surface area contributed by atoms with Gasteiger partial charge in [0.05, 0.1) is 7.11 Å². The van der Waals surface area contributed by atoms with Crippen molar-refractivity contribution in [1.82, 2.24) is 5.43 Å². The Labute approximate surface area is 113 Å². The van der Waals surface area contributed by atoms with Crippen molar-refractivity contribution >= 4 is 12.1 Å². The molecule has 5 nitrogen and oxygen atoms in total. The minimum absolute atomic E-state index is 0.275. The number of carbonyl (C=O) groups excluding carboxylic acids is 1. The molecule has 0 heterocycles. The second-order valence-electron chi connectivity index (χ2n) is 4.01. The fourth-order valence-electron chi connectivity index (χ4n) is 1.31. The average Bonchev–Trinajstić information content (AvgIpc) is 2.44. The average molecular weight is 264 g/mol. The predicted octanol–water partition coefficient (Wildman–Crippen LogP) is 2.36. The third-order valence-electron chi connectivity index (χ3n) is 2.43. The summed E-state index contributed by atoms with van der Waals surface area (Å²) in [6, 6.07) is 7.06. The number of ether oxygens (including phenoxy) is 2. The molecule has 0 aliphatic heterocycles. The van der Waals surface area contributed by atoms with Crippen LogP contribution >= 0.6 is 0 Å². The summed E-state index contributed by atoms with van der Waals surface area (Å²) in [6.07, 6.45) is 2.91. The molecule has 1 atom stereocenters. The Balaban J connectivity index is 2.44. The summed E-state index contributed by atoms with van der Waals surface area (Å²) < 4.78 is 10.5. The van der Waals surface area contributed by atoms with E-state index in [0.29, 0.717) is 5.75 Å². The maximum Gasteiger partial charge on any atom is 0.280 e. The summed E-state index contributed by atoms with van der Waals surface area (Å²) in [5, 5.41) is 3.83. The number of hydrazone groups is 1. The molecule has 0 aliphatic carbocycles. The standard InChI is InChI=1S/C14H20N2O3/c1-4-5-10-15-16-14(17)11(2)19-13-8-6-12(18-3)7-9-13/h6-11H,4-5H2,1-3H3,(H,16,17). The highest BCUT2D eigenvalue weighted by molar-refractivity contribution is 5.81. The molecule has 1 amide bonds. The van der Waals surface area contributed by atoms with E-state index in [1.165, 1.54) is 0 Å². The van der Waals surface area contributed by atoms with Gasteiger partial charge < -0.3 is 9.47 Å². The van der Waals surface area contributed by atoms with Crippen LogP contribution < -0.4 is 14.9 Å². The van der Waals surface area contributed by atoms with Gasteiger partial charge in [0.1, 0.15) is 11.5 Å². The van der Waals surface area contributed by atoms with E-state index >= 15 is 0 Å². The topological polar surface area (TPSA) is 59.9 Å². The van der Waals surface area contributed by atoms with Crippen molar-refractivity contribution < 1.29 is 14.3 Å². The van der Waals surface area contributed by atoms with Crippen LogP contribution in [0, 0.1) is 0 Å². The summed E-state index contributed by atoms with van der Waals surface area (Å²) in [5.41, 5.74) is 2.44. The zero-order valence-electron chi connectivity index (χ0n) is 11.6. The van der Waals surface area contributed by atoms with Gasteiger partial charge in [-0.15, -0.1) is 0 Å². The van der Waals surface area contributed by atoms with E-state index in [-0.39, 0.29) is 5.91 Å². The van der Waals surface area contributed by atoms with Crippen LogP contribution in [0.15, 0.2) is 29.4 Å². The molecule has 5 heteroatoms. The minimum Gasteiger partial charge on any atom is -0.497 e. The van der Waals surface area contributed by atoms with Crippen LogP contribution in [-0.2, 0) is 4.79 Å². The molecule has 1 aromatic rings. The lowest BCUT2D eigenvalue weighted by Crippen LogP contribution is -2.33. The smallest absolute Gasteiger partial charge is 0.280 e. The molecular formula is C14H20N2O3. The van der Waals surface area contributed by atoms with Crippen molar-refractivity contribution in [3.05, 3.63) is 24.3 Å². The summed E-state index contributed by atoms with van der Waals surface area (Å²) in [5.74, 6) is 1.08. The fraction of sp³-hybridized carbons (Fsp3) is 0.429. The Morgan fingerprint density at radius 1 is 1.37 bits per heavy atom. The number of nitrogens with zero attached hydrogens (tertiary/aromatic N) is 1. The molecule has 1 rings (SSSR count). The largest absolute Gasteiger partial charge is 0.497 e. The molecule has 1 N–H and O–H groups in total. The molecule has 0 spiro atoms. The molecule has 0 radical (unpaired) electrons. The van der Waals surface area contributed by atoms with E-state index in [9.17, 15) is 4.79 Å². The highest BCUT2D eigenvalue weighted by Crippen LogP contribution is 2.18. The number of methoxy groups -OCH3 is 1. The quantitative estimate of drug-likeness (QED) is 0.607. The van der Waals surface area contributed by atoms with E-state index in [2.05, 4.69) is 10.5 Å². The monoisotopic (exact) mass is 264 g/mol. The van der Waals surface area contributed by atoms with Crippen LogP contribution in [-0.4, -0.2) is 25.3 Å². The first kappa shape index (κ1) is 15.0. The van der Waals surface area contributed by atoms with Crippen LogP contribution in [0.4, 0.5) is 0 Å². The number of benzene rings is 1. The Bertz CT molecular complexity index is 415. The summed E-state index contributed by atoms with van der Waals surface area (Å²) >= 11 is 0. The zero-order chi connectivity index (χ0) is 14.1. The highest BCUT2D eigenvalue weighted by Gasteiger charge is 2.13. The Kier molecular flexibility index (Phi) is 6.43. The molecule has 0 aromatic heterocycles. The van der Waals surface area contributed by atoms with Crippen molar-refractivity contribution in [2.24, 2.45) is 5.10 Å². The van der Waals surface area contributed by atoms with E-state index < -0.39 is 6.10 Å². The summed E-state index contributed by atoms with van der Waals surface area (Å²) in [7, 11) is 1.60. The molecule has 0 saturated carbocycles. The number of nitrogens with one attached hydrogen (secondary N) is 1. The third kappa shape index (κ3) is 5.42. The van der Waals surface area contributed by atoms with Gasteiger partial charge >= 0.3 is 0 Å². The number of unbranched alkanes of at least 4 members (excludes halogenated alkanes) is 1. The van der Waals surface area contributed by atoms with Crippen LogP contribution in [0.3, 0.4) is 0 Å². The molecule has 19 heavy (non-hydrogen) atoms. The maximum absolute atomic E-state index is 11.7. The first-order valence-corrected chi connectivity index (χ1v) is 6.29. The summed E-state index contributed by atoms with van der Waals surface area (Å²) in [6.45, 7) is 3.72. The maximum atomic E-state index is 11.7. The number of rotatable bonds is 7. The molecule has 0 bridgehead atoms. The lowest BCUT2D eigenvalue weighted by molar-refractivity contribution is -0.127. The molecule has 0 aliphatic rings. The van der Waals surface area contributed by atoms with Crippen molar-refractivity contribution in [3.8, 4) is 11.5 Å². The first-order valence-electron chi connectivity index (χ1n) is 6.29. The van der Waals surface area contributed by atoms with Gasteiger partial charge in [-0.2, -0.15) is 5.10 Å². The Hall–Kier alpha value is -2.04. The molecule has 104 valence electrons. The number of hydrogen-bond acceptors (Lipinski definition) is 4. The van der Waals surface area contributed by atoms with E-state index in [4.69, 9.17) is 9.47 Å². The van der Waals surface area contributed by atoms with Crippen LogP contribution in [0.5, 0.6) is 11.5 Å². The van der Waals surface area contributed by atoms with Gasteiger partial charge in [-0.3, -0.25) is 4.79 Å². The predicted molar refractivity (Wildman–Crippen MR) is 74.6 cm³/mol. The third-order valence-corrected chi connectivity index (χ3v) is 2.43. The molecule has 1 aromatic carbocycles. The van der Waals surface area contributed by atoms with Gasteiger partial charge in [0.15, 0.2) is 6.10 Å². The SMILES string of the molecule is CCCC=NNC(=O)C(C)Oc1ccc(OC)cc1. The number of amides is 1. The fourth-order valence-corrected chi connectivity index (χ4v) is 1.31. The van der Waals surface area contributed by atoms with E-state index in [1.54, 1.807) is 44.5 Å². The highest BCUT2D eigenvalue weighted by atomic mass is 16.5. The minimum atomic E-state index is -0.604. The van der Waals surface area contributed by atoms with Gasteiger partial charge in [-0.1, -0.05) is 13.3 Å². The number of carbonyl (C=O) groups is 1. The first-order chi connectivity index (χ1) is 9.17. The Morgan fingerprint density at radius 2 is 2.00 bits per heavy atom. The molecule has 0 saturated heterocycles. The van der Waals surface area contributed by atoms with Crippen molar-refractivity contribution in [2.75, 3.05) is 7.11 Å². The zero-order valence-corrected chi connectivity index (χ0v) is 11.6. The lowest BCUT2D eigenvalue weighted by Gasteiger charge is -2.13. The van der Waals surface area contributed by atoms with Crippen molar-refractivity contribution in [3.63, 3.8) is 0 Å². The molecule has 1 unspecified atom stereocenters. The van der Waals surface area contributed by atoms with Crippen molar-refractivity contribution in [2.45, 2.75) is 32.8 Å². The van der Waals surface area contributed by atoms with Crippen LogP contribution in [0.2, 0.25) is 0 Å². The second-order valence-corrected chi connectivity index (χ2v) is 4.01. The van der Waals surface area contributed by atoms with Gasteiger partial charge in [0, 0.05) is 6.21 Å². The Morgan fingerprint density at radius 3 is 2.58 bits per heavy atom. The summed E-state index contributed by atoms with van der Waals surface area (Å²) in [4.78, 5) is 11.7. The normalized spacial score (nSPS) is 12.2. The van der Waals surface area contributed by atoms with Gasteiger partial charge in [0.25, 0.3) is 5.91 Å². The second kappa shape index (κ2) is 8.13. The number of hydrogen-bond donors (Lipinski definition) is 1. The van der Waals surface area contributed by atoms with Crippen LogP contribution in [0.25, 0.3) is 0 Å². The lowest BCUT2D eigenvalue weighted by atomic mass is 10.3. The molecule has 0 fully saturated rings. The van der Waals surface area contributed by atoms with Gasteiger partial charge in [0.2, 0.25) is 0 Å². The van der Waals surface area contributed by atoms with Gasteiger partial charge in [-0.05, 0) is 37.6 Å². The van der Waals surface area contributed by atoms with E-state index in [0.717, 1.165) is 18.6 Å².